The van der Waals surface area contributed by atoms with Gasteiger partial charge < -0.3 is 20.0 Å². The molecule has 0 radical (unpaired) electrons. The number of amides is 2. The molecular weight excluding hydrogens is 250 g/mol. The fourth-order valence-corrected chi connectivity index (χ4v) is 3.17. The van der Waals surface area contributed by atoms with Gasteiger partial charge in [0.05, 0.1) is 0 Å². The van der Waals surface area contributed by atoms with E-state index in [9.17, 15) is 13.9 Å². The SMILES string of the molecule is CNC(=O)N(C)OP(=O)(O)CP(=O)(O)O. The standard InChI is InChI=1S/C4H12N2O7P2/c1-5-4(7)6(2)13-15(11,12)3-14(8,9)10/h3H2,1-2H3,(H,5,7)(H,11,12)(H2,8,9,10). The summed E-state index contributed by atoms with van der Waals surface area (Å²) < 4.78 is 25.7. The van der Waals surface area contributed by atoms with E-state index < -0.39 is 27.1 Å². The van der Waals surface area contributed by atoms with Crippen LogP contribution < -0.4 is 5.32 Å². The van der Waals surface area contributed by atoms with E-state index in [1.54, 1.807) is 0 Å². The molecule has 0 rings (SSSR count). The first-order valence-electron chi connectivity index (χ1n) is 3.59. The summed E-state index contributed by atoms with van der Waals surface area (Å²) >= 11 is 0. The molecule has 0 aromatic carbocycles. The molecule has 0 fully saturated rings. The van der Waals surface area contributed by atoms with E-state index in [1.807, 2.05) is 0 Å². The molecule has 0 saturated heterocycles. The minimum absolute atomic E-state index is 0.385. The summed E-state index contributed by atoms with van der Waals surface area (Å²) in [6.45, 7) is 0. The van der Waals surface area contributed by atoms with E-state index >= 15 is 0 Å². The van der Waals surface area contributed by atoms with E-state index in [0.717, 1.165) is 7.05 Å². The lowest BCUT2D eigenvalue weighted by molar-refractivity contribution is 0.00265. The van der Waals surface area contributed by atoms with Crippen LogP contribution >= 0.6 is 15.2 Å². The molecule has 1 atom stereocenters. The van der Waals surface area contributed by atoms with Gasteiger partial charge in [0.25, 0.3) is 0 Å². The third kappa shape index (κ3) is 6.62. The van der Waals surface area contributed by atoms with Gasteiger partial charge in [0, 0.05) is 14.1 Å². The fourth-order valence-electron chi connectivity index (χ4n) is 0.645. The van der Waals surface area contributed by atoms with Gasteiger partial charge >= 0.3 is 21.2 Å². The Hall–Kier alpha value is -0.430. The average molecular weight is 262 g/mol. The van der Waals surface area contributed by atoms with Crippen LogP contribution in [0.4, 0.5) is 4.79 Å². The van der Waals surface area contributed by atoms with Gasteiger partial charge in [-0.3, -0.25) is 9.13 Å². The second-order valence-corrected chi connectivity index (χ2v) is 6.48. The largest absolute Gasteiger partial charge is 0.361 e. The molecule has 2 amide bonds. The number of nitrogens with one attached hydrogen (secondary N) is 1. The minimum atomic E-state index is -4.68. The fraction of sp³-hybridized carbons (Fsp3) is 0.750. The van der Waals surface area contributed by atoms with Crippen LogP contribution in [-0.2, 0) is 13.8 Å². The van der Waals surface area contributed by atoms with Crippen molar-refractivity contribution in [2.24, 2.45) is 0 Å². The topological polar surface area (TPSA) is 136 Å². The highest BCUT2D eigenvalue weighted by atomic mass is 31.2. The Bertz CT molecular complexity index is 325. The summed E-state index contributed by atoms with van der Waals surface area (Å²) in [6, 6.07) is -0.824. The Balaban J connectivity index is 4.45. The molecule has 4 N–H and O–H groups in total. The molecule has 0 aliphatic rings. The normalized spacial score (nSPS) is 15.5. The van der Waals surface area contributed by atoms with Crippen molar-refractivity contribution in [3.8, 4) is 0 Å². The Morgan fingerprint density at radius 3 is 2.20 bits per heavy atom. The number of urea groups is 1. The van der Waals surface area contributed by atoms with Crippen molar-refractivity contribution < 1.29 is 33.2 Å². The van der Waals surface area contributed by atoms with E-state index in [0.29, 0.717) is 5.06 Å². The van der Waals surface area contributed by atoms with Crippen LogP contribution in [0.2, 0.25) is 0 Å². The third-order valence-corrected chi connectivity index (χ3v) is 4.52. The van der Waals surface area contributed by atoms with Gasteiger partial charge in [-0.2, -0.15) is 9.69 Å². The first-order chi connectivity index (χ1) is 6.57. The lowest BCUT2D eigenvalue weighted by Crippen LogP contribution is -2.34. The highest BCUT2D eigenvalue weighted by Crippen LogP contribution is 2.55. The molecule has 0 aliphatic heterocycles. The van der Waals surface area contributed by atoms with E-state index in [-0.39, 0.29) is 0 Å². The molecule has 0 aromatic heterocycles. The summed E-state index contributed by atoms with van der Waals surface area (Å²) in [5.41, 5.74) is 0. The second-order valence-electron chi connectivity index (χ2n) is 2.58. The molecule has 0 saturated carbocycles. The first kappa shape index (κ1) is 14.6. The summed E-state index contributed by atoms with van der Waals surface area (Å²) in [6.07, 6.45) is 0. The first-order valence-corrected chi connectivity index (χ1v) is 7.15. The number of hydroxylamine groups is 2. The smallest absolute Gasteiger partial charge is 0.339 e. The maximum absolute atomic E-state index is 11.1. The number of rotatable bonds is 4. The van der Waals surface area contributed by atoms with Gasteiger partial charge in [0.2, 0.25) is 0 Å². The Morgan fingerprint density at radius 1 is 1.40 bits per heavy atom. The predicted octanol–water partition coefficient (Wildman–Crippen LogP) is -0.490. The van der Waals surface area contributed by atoms with Gasteiger partial charge in [-0.05, 0) is 0 Å². The van der Waals surface area contributed by atoms with Crippen LogP contribution in [0.1, 0.15) is 0 Å². The summed E-state index contributed by atoms with van der Waals surface area (Å²) in [4.78, 5) is 36.7. The lowest BCUT2D eigenvalue weighted by Gasteiger charge is -2.19. The molecule has 0 aromatic rings. The minimum Gasteiger partial charge on any atom is -0.339 e. The second kappa shape index (κ2) is 5.07. The molecule has 0 bridgehead atoms. The van der Waals surface area contributed by atoms with Gasteiger partial charge in [0.15, 0.2) is 5.90 Å². The van der Waals surface area contributed by atoms with Crippen LogP contribution in [0.25, 0.3) is 0 Å². The molecule has 1 unspecified atom stereocenters. The molecular formula is C4H12N2O7P2. The zero-order valence-electron chi connectivity index (χ0n) is 8.02. The quantitative estimate of drug-likeness (QED) is 0.396. The van der Waals surface area contributed by atoms with Crippen molar-refractivity contribution in [1.29, 1.82) is 0 Å². The van der Waals surface area contributed by atoms with Crippen molar-refractivity contribution in [3.63, 3.8) is 0 Å². The molecule has 15 heavy (non-hydrogen) atoms. The van der Waals surface area contributed by atoms with Crippen molar-refractivity contribution in [3.05, 3.63) is 0 Å². The van der Waals surface area contributed by atoms with E-state index in [2.05, 4.69) is 9.94 Å². The summed E-state index contributed by atoms with van der Waals surface area (Å²) in [5, 5.41) is 2.47. The highest BCUT2D eigenvalue weighted by molar-refractivity contribution is 7.69. The van der Waals surface area contributed by atoms with Gasteiger partial charge in [0.1, 0.15) is 0 Å². The summed E-state index contributed by atoms with van der Waals surface area (Å²) in [7, 11) is -6.93. The molecule has 0 heterocycles. The Kier molecular flexibility index (Phi) is 4.92. The Labute approximate surface area is 85.7 Å². The molecule has 0 spiro atoms. The number of carbonyl (C=O) groups is 1. The number of hydrogen-bond acceptors (Lipinski definition) is 4. The van der Waals surface area contributed by atoms with Crippen LogP contribution in [0.15, 0.2) is 0 Å². The van der Waals surface area contributed by atoms with Crippen molar-refractivity contribution >= 4 is 21.2 Å². The molecule has 9 nitrogen and oxygen atoms in total. The molecule has 0 aliphatic carbocycles. The van der Waals surface area contributed by atoms with Gasteiger partial charge in [-0.15, -0.1) is 0 Å². The molecule has 90 valence electrons. The van der Waals surface area contributed by atoms with Crippen molar-refractivity contribution in [1.82, 2.24) is 10.4 Å². The zero-order valence-corrected chi connectivity index (χ0v) is 9.81. The maximum atomic E-state index is 11.1. The van der Waals surface area contributed by atoms with Crippen LogP contribution in [0.3, 0.4) is 0 Å². The summed E-state index contributed by atoms with van der Waals surface area (Å²) in [5.74, 6) is -1.35. The van der Waals surface area contributed by atoms with E-state index in [1.165, 1.54) is 7.05 Å². The number of carbonyl (C=O) groups excluding carboxylic acids is 1. The monoisotopic (exact) mass is 262 g/mol. The average Bonchev–Trinajstić information content (AvgIpc) is 1.96. The van der Waals surface area contributed by atoms with Crippen molar-refractivity contribution in [2.45, 2.75) is 0 Å². The number of hydrogen-bond donors (Lipinski definition) is 4. The van der Waals surface area contributed by atoms with Gasteiger partial charge in [-0.1, -0.05) is 0 Å². The predicted molar refractivity (Wildman–Crippen MR) is 50.0 cm³/mol. The lowest BCUT2D eigenvalue weighted by atomic mass is 10.9. The highest BCUT2D eigenvalue weighted by Gasteiger charge is 2.33. The molecule has 11 heteroatoms. The van der Waals surface area contributed by atoms with Crippen LogP contribution in [-0.4, -0.2) is 45.8 Å². The Morgan fingerprint density at radius 2 is 1.87 bits per heavy atom. The van der Waals surface area contributed by atoms with Gasteiger partial charge in [-0.25, -0.2) is 4.79 Å². The van der Waals surface area contributed by atoms with Crippen molar-refractivity contribution in [2.75, 3.05) is 20.0 Å². The number of nitrogens with zero attached hydrogens (tertiary/aromatic N) is 1. The van der Waals surface area contributed by atoms with E-state index in [4.69, 9.17) is 14.7 Å². The van der Waals surface area contributed by atoms with Crippen LogP contribution in [0.5, 0.6) is 0 Å². The van der Waals surface area contributed by atoms with Crippen LogP contribution in [0, 0.1) is 0 Å². The zero-order chi connectivity index (χ0) is 12.3. The maximum Gasteiger partial charge on any atom is 0.361 e. The third-order valence-electron chi connectivity index (χ3n) is 1.11.